The molecule has 4 nitrogen and oxygen atoms in total. The maximum absolute atomic E-state index is 12.7. The first-order valence-corrected chi connectivity index (χ1v) is 9.86. The summed E-state index contributed by atoms with van der Waals surface area (Å²) in [5.74, 6) is -0.107. The van der Waals surface area contributed by atoms with Crippen molar-refractivity contribution in [1.29, 1.82) is 0 Å². The molecular weight excluding hydrogens is 466 g/mol. The van der Waals surface area contributed by atoms with Gasteiger partial charge in [0, 0.05) is 33.9 Å². The standard InChI is InChI=1S/C16H30F3N3OS.HI/c1-5-20-14(21-10-11-24(23)15(2,3)4)22-13-8-6-12(7-9-13)16(17,18)19;/h12-13H,5-11H2,1-4H3,(H2,20,21,22);1H. The van der Waals surface area contributed by atoms with E-state index in [-0.39, 0.29) is 47.6 Å². The molecule has 1 rings (SSSR count). The molecule has 0 bridgehead atoms. The number of guanidine groups is 1. The van der Waals surface area contributed by atoms with Crippen LogP contribution in [0.3, 0.4) is 0 Å². The topological polar surface area (TPSA) is 53.5 Å². The van der Waals surface area contributed by atoms with Gasteiger partial charge in [-0.15, -0.1) is 24.0 Å². The molecule has 9 heteroatoms. The fourth-order valence-electron chi connectivity index (χ4n) is 2.62. The van der Waals surface area contributed by atoms with Gasteiger partial charge in [0.25, 0.3) is 0 Å². The minimum Gasteiger partial charge on any atom is -0.357 e. The highest BCUT2D eigenvalue weighted by molar-refractivity contribution is 14.0. The van der Waals surface area contributed by atoms with Gasteiger partial charge in [-0.1, -0.05) is 0 Å². The van der Waals surface area contributed by atoms with Crippen LogP contribution >= 0.6 is 24.0 Å². The molecule has 0 radical (unpaired) electrons. The van der Waals surface area contributed by atoms with Gasteiger partial charge < -0.3 is 10.6 Å². The Kier molecular flexibility index (Phi) is 10.9. The summed E-state index contributed by atoms with van der Waals surface area (Å²) in [6, 6.07) is 0.00881. The molecule has 1 saturated carbocycles. The zero-order chi connectivity index (χ0) is 18.4. The van der Waals surface area contributed by atoms with E-state index in [2.05, 4.69) is 15.6 Å². The van der Waals surface area contributed by atoms with Gasteiger partial charge >= 0.3 is 6.18 Å². The Morgan fingerprint density at radius 3 is 2.16 bits per heavy atom. The number of alkyl halides is 3. The third-order valence-corrected chi connectivity index (χ3v) is 6.02. The SMILES string of the molecule is CCNC(=NCCS(=O)C(C)(C)C)NC1CCC(C(F)(F)F)CC1.I. The summed E-state index contributed by atoms with van der Waals surface area (Å²) in [5, 5.41) is 6.32. The number of nitrogens with one attached hydrogen (secondary N) is 2. The quantitative estimate of drug-likeness (QED) is 0.345. The van der Waals surface area contributed by atoms with Gasteiger partial charge in [0.15, 0.2) is 5.96 Å². The molecule has 2 N–H and O–H groups in total. The van der Waals surface area contributed by atoms with Crippen molar-refractivity contribution in [2.45, 2.75) is 70.3 Å². The van der Waals surface area contributed by atoms with Crippen LogP contribution in [0.1, 0.15) is 53.4 Å². The summed E-state index contributed by atoms with van der Waals surface area (Å²) < 4.78 is 49.9. The third-order valence-electron chi connectivity index (χ3n) is 4.10. The number of rotatable bonds is 5. The van der Waals surface area contributed by atoms with Crippen molar-refractivity contribution in [2.24, 2.45) is 10.9 Å². The third kappa shape index (κ3) is 9.44. The Balaban J connectivity index is 0.00000576. The summed E-state index contributed by atoms with van der Waals surface area (Å²) in [6.45, 7) is 8.81. The Hall–Kier alpha value is -0.0600. The molecule has 1 unspecified atom stereocenters. The Morgan fingerprint density at radius 2 is 1.72 bits per heavy atom. The van der Waals surface area contributed by atoms with E-state index in [9.17, 15) is 17.4 Å². The molecular formula is C16H31F3IN3OS. The van der Waals surface area contributed by atoms with Crippen LogP contribution in [0.2, 0.25) is 0 Å². The van der Waals surface area contributed by atoms with Gasteiger partial charge in [-0.25, -0.2) is 0 Å². The highest BCUT2D eigenvalue weighted by Gasteiger charge is 2.41. The van der Waals surface area contributed by atoms with Gasteiger partial charge in [0.2, 0.25) is 0 Å². The summed E-state index contributed by atoms with van der Waals surface area (Å²) in [4.78, 5) is 4.41. The Labute approximate surface area is 168 Å². The Bertz CT molecular complexity index is 445. The zero-order valence-corrected chi connectivity index (χ0v) is 18.6. The van der Waals surface area contributed by atoms with E-state index >= 15 is 0 Å². The first-order chi connectivity index (χ1) is 11.0. The first-order valence-electron chi connectivity index (χ1n) is 8.54. The van der Waals surface area contributed by atoms with Crippen LogP contribution in [0.5, 0.6) is 0 Å². The van der Waals surface area contributed by atoms with Gasteiger partial charge in [-0.2, -0.15) is 13.2 Å². The lowest BCUT2D eigenvalue weighted by molar-refractivity contribution is -0.182. The van der Waals surface area contributed by atoms with Crippen LogP contribution in [0.25, 0.3) is 0 Å². The summed E-state index contributed by atoms with van der Waals surface area (Å²) in [7, 11) is -0.967. The van der Waals surface area contributed by atoms with E-state index in [4.69, 9.17) is 0 Å². The lowest BCUT2D eigenvalue weighted by Crippen LogP contribution is -2.46. The van der Waals surface area contributed by atoms with Crippen LogP contribution in [0.4, 0.5) is 13.2 Å². The highest BCUT2D eigenvalue weighted by Crippen LogP contribution is 2.37. The fourth-order valence-corrected chi connectivity index (χ4v) is 3.49. The predicted molar refractivity (Wildman–Crippen MR) is 109 cm³/mol. The number of aliphatic imine (C=N–C) groups is 1. The lowest BCUT2D eigenvalue weighted by atomic mass is 9.85. The molecule has 0 heterocycles. The average Bonchev–Trinajstić information content (AvgIpc) is 2.46. The van der Waals surface area contributed by atoms with E-state index in [0.29, 0.717) is 37.6 Å². The van der Waals surface area contributed by atoms with E-state index in [1.807, 2.05) is 27.7 Å². The van der Waals surface area contributed by atoms with Gasteiger partial charge in [0.1, 0.15) is 0 Å². The molecule has 0 aromatic rings. The predicted octanol–water partition coefficient (Wildman–Crippen LogP) is 3.83. The molecule has 0 saturated heterocycles. The van der Waals surface area contributed by atoms with Crippen molar-refractivity contribution in [1.82, 2.24) is 10.6 Å². The molecule has 1 atom stereocenters. The Morgan fingerprint density at radius 1 is 1.16 bits per heavy atom. The maximum atomic E-state index is 12.7. The van der Waals surface area contributed by atoms with Crippen LogP contribution < -0.4 is 10.6 Å². The summed E-state index contributed by atoms with van der Waals surface area (Å²) in [5.41, 5.74) is 0. The second-order valence-corrected chi connectivity index (χ2v) is 9.48. The van der Waals surface area contributed by atoms with Crippen molar-refractivity contribution < 1.29 is 17.4 Å². The number of nitrogens with zero attached hydrogens (tertiary/aromatic N) is 1. The molecule has 25 heavy (non-hydrogen) atoms. The molecule has 0 aliphatic heterocycles. The highest BCUT2D eigenvalue weighted by atomic mass is 127. The molecule has 0 amide bonds. The van der Waals surface area contributed by atoms with Crippen molar-refractivity contribution >= 4 is 40.7 Å². The van der Waals surface area contributed by atoms with E-state index in [1.54, 1.807) is 0 Å². The van der Waals surface area contributed by atoms with E-state index < -0.39 is 22.9 Å². The summed E-state index contributed by atoms with van der Waals surface area (Å²) >= 11 is 0. The molecule has 0 aromatic heterocycles. The second-order valence-electron chi connectivity index (χ2n) is 7.16. The van der Waals surface area contributed by atoms with Gasteiger partial charge in [-0.3, -0.25) is 9.20 Å². The molecule has 0 aromatic carbocycles. The van der Waals surface area contributed by atoms with Crippen LogP contribution in [-0.4, -0.2) is 46.0 Å². The lowest BCUT2D eigenvalue weighted by Gasteiger charge is -2.31. The van der Waals surface area contributed by atoms with Gasteiger partial charge in [0.05, 0.1) is 12.5 Å². The molecule has 1 aliphatic rings. The molecule has 1 aliphatic carbocycles. The van der Waals surface area contributed by atoms with E-state index in [0.717, 1.165) is 0 Å². The number of halogens is 4. The minimum absolute atomic E-state index is 0. The van der Waals surface area contributed by atoms with Crippen LogP contribution in [0, 0.1) is 5.92 Å². The largest absolute Gasteiger partial charge is 0.391 e. The van der Waals surface area contributed by atoms with Crippen molar-refractivity contribution in [3.63, 3.8) is 0 Å². The second kappa shape index (κ2) is 10.9. The number of hydrogen-bond donors (Lipinski definition) is 2. The maximum Gasteiger partial charge on any atom is 0.391 e. The average molecular weight is 497 g/mol. The monoisotopic (exact) mass is 497 g/mol. The molecule has 150 valence electrons. The first kappa shape index (κ1) is 24.9. The van der Waals surface area contributed by atoms with Crippen molar-refractivity contribution in [2.75, 3.05) is 18.8 Å². The zero-order valence-electron chi connectivity index (χ0n) is 15.4. The number of hydrogen-bond acceptors (Lipinski definition) is 2. The van der Waals surface area contributed by atoms with Crippen molar-refractivity contribution in [3.8, 4) is 0 Å². The van der Waals surface area contributed by atoms with Crippen LogP contribution in [-0.2, 0) is 10.8 Å². The minimum atomic E-state index is -4.08. The fraction of sp³-hybridized carbons (Fsp3) is 0.938. The van der Waals surface area contributed by atoms with Gasteiger partial charge in [-0.05, 0) is 53.4 Å². The molecule has 1 fully saturated rings. The summed E-state index contributed by atoms with van der Waals surface area (Å²) in [6.07, 6.45) is -2.78. The van der Waals surface area contributed by atoms with Crippen molar-refractivity contribution in [3.05, 3.63) is 0 Å². The van der Waals surface area contributed by atoms with E-state index in [1.165, 1.54) is 0 Å². The molecule has 0 spiro atoms. The smallest absolute Gasteiger partial charge is 0.357 e. The van der Waals surface area contributed by atoms with Crippen LogP contribution in [0.15, 0.2) is 4.99 Å². The normalized spacial score (nSPS) is 23.6.